The third-order valence-electron chi connectivity index (χ3n) is 2.71. The molecular weight excluding hydrogens is 110 g/mol. The minimum Gasteiger partial charge on any atom is -0.311 e. The predicted octanol–water partition coefficient (Wildman–Crippen LogP) is 1.68. The molecule has 1 spiro atoms. The number of nitrogens with one attached hydrogen (secondary N) is 1. The summed E-state index contributed by atoms with van der Waals surface area (Å²) in [6.07, 6.45) is 7.91. The zero-order valence-electron chi connectivity index (χ0n) is 6.82. The first kappa shape index (κ1) is 4.73. The van der Waals surface area contributed by atoms with E-state index in [4.69, 9.17) is 1.37 Å². The Kier molecular flexibility index (Phi) is 1.04. The largest absolute Gasteiger partial charge is 0.311 e. The van der Waals surface area contributed by atoms with Crippen LogP contribution in [-0.4, -0.2) is 12.1 Å². The van der Waals surface area contributed by atoms with Crippen LogP contribution in [0.15, 0.2) is 0 Å². The van der Waals surface area contributed by atoms with Crippen LogP contribution < -0.4 is 5.32 Å². The van der Waals surface area contributed by atoms with Gasteiger partial charge in [-0.3, -0.25) is 0 Å². The number of hydrogen-bond donors (Lipinski definition) is 1. The molecule has 9 heavy (non-hydrogen) atoms. The van der Waals surface area contributed by atoms with Gasteiger partial charge in [0.2, 0.25) is 0 Å². The van der Waals surface area contributed by atoms with Crippen molar-refractivity contribution in [2.24, 2.45) is 0 Å². The van der Waals surface area contributed by atoms with Crippen LogP contribution in [0.1, 0.15) is 39.9 Å². The summed E-state index contributed by atoms with van der Waals surface area (Å²) in [5.41, 5.74) is 0.435. The minimum absolute atomic E-state index is 0.0538. The molecule has 52 valence electrons. The Morgan fingerprint density at radius 1 is 1.11 bits per heavy atom. The summed E-state index contributed by atoms with van der Waals surface area (Å²) in [6.45, 7) is 0.0538. The standard InChI is InChI=1S/C8H15N/c1-2-4-8(5-3-1)6-7-9-8/h9H,1-7H2/i7D. The first-order chi connectivity index (χ1) is 4.81. The molecule has 0 aromatic carbocycles. The van der Waals surface area contributed by atoms with Crippen LogP contribution in [0.5, 0.6) is 0 Å². The lowest BCUT2D eigenvalue weighted by Gasteiger charge is -2.46. The van der Waals surface area contributed by atoms with E-state index in [-0.39, 0.29) is 6.52 Å². The Labute approximate surface area is 58.2 Å². The van der Waals surface area contributed by atoms with Crippen molar-refractivity contribution in [1.82, 2.24) is 5.32 Å². The average molecular weight is 126 g/mol. The van der Waals surface area contributed by atoms with E-state index < -0.39 is 0 Å². The SMILES string of the molecule is [2H]C1CC2(CCCCC2)N1. The molecule has 1 atom stereocenters. The predicted molar refractivity (Wildman–Crippen MR) is 38.4 cm³/mol. The average Bonchev–Trinajstić information content (AvgIpc) is 1.87. The molecule has 0 bridgehead atoms. The van der Waals surface area contributed by atoms with E-state index in [2.05, 4.69) is 5.32 Å². The fourth-order valence-electron chi connectivity index (χ4n) is 1.97. The molecule has 1 aliphatic heterocycles. The van der Waals surface area contributed by atoms with Crippen LogP contribution in [0.4, 0.5) is 0 Å². The summed E-state index contributed by atoms with van der Waals surface area (Å²) in [6, 6.07) is 0. The van der Waals surface area contributed by atoms with Crippen LogP contribution in [0, 0.1) is 0 Å². The fourth-order valence-corrected chi connectivity index (χ4v) is 1.97. The van der Waals surface area contributed by atoms with Gasteiger partial charge < -0.3 is 5.32 Å². The molecule has 0 aromatic heterocycles. The Hall–Kier alpha value is -0.0400. The van der Waals surface area contributed by atoms with Gasteiger partial charge in [0.05, 0.1) is 0 Å². The third-order valence-corrected chi connectivity index (χ3v) is 2.71. The molecule has 2 aliphatic rings. The van der Waals surface area contributed by atoms with Crippen molar-refractivity contribution in [3.63, 3.8) is 0 Å². The molecule has 1 nitrogen and oxygen atoms in total. The monoisotopic (exact) mass is 126 g/mol. The second kappa shape index (κ2) is 1.98. The lowest BCUT2D eigenvalue weighted by Crippen LogP contribution is -2.57. The molecule has 1 unspecified atom stereocenters. The van der Waals surface area contributed by atoms with Crippen molar-refractivity contribution in [1.29, 1.82) is 0 Å². The van der Waals surface area contributed by atoms with Crippen molar-refractivity contribution < 1.29 is 1.37 Å². The highest BCUT2D eigenvalue weighted by Gasteiger charge is 2.36. The van der Waals surface area contributed by atoms with Crippen LogP contribution in [-0.2, 0) is 0 Å². The van der Waals surface area contributed by atoms with Gasteiger partial charge in [-0.1, -0.05) is 19.3 Å². The molecule has 1 heteroatoms. The number of rotatable bonds is 0. The molecule has 2 rings (SSSR count). The van der Waals surface area contributed by atoms with Gasteiger partial charge in [0.1, 0.15) is 0 Å². The summed E-state index contributed by atoms with van der Waals surface area (Å²) in [5, 5.41) is 3.32. The van der Waals surface area contributed by atoms with E-state index in [9.17, 15) is 0 Å². The molecular formula is C8H15N. The quantitative estimate of drug-likeness (QED) is 0.520. The maximum Gasteiger partial charge on any atom is 0.0429 e. The highest BCUT2D eigenvalue weighted by atomic mass is 15.0. The maximum absolute atomic E-state index is 7.36. The minimum atomic E-state index is 0.0538. The Balaban J connectivity index is 1.90. The van der Waals surface area contributed by atoms with Crippen molar-refractivity contribution in [2.75, 3.05) is 6.52 Å². The topological polar surface area (TPSA) is 12.0 Å². The van der Waals surface area contributed by atoms with E-state index in [1.54, 1.807) is 0 Å². The lowest BCUT2D eigenvalue weighted by atomic mass is 9.75. The van der Waals surface area contributed by atoms with Crippen LogP contribution in [0.2, 0.25) is 0 Å². The Bertz CT molecular complexity index is 114. The highest BCUT2D eigenvalue weighted by Crippen LogP contribution is 2.34. The van der Waals surface area contributed by atoms with Gasteiger partial charge >= 0.3 is 0 Å². The Morgan fingerprint density at radius 2 is 1.78 bits per heavy atom. The lowest BCUT2D eigenvalue weighted by molar-refractivity contribution is 0.144. The zero-order valence-corrected chi connectivity index (χ0v) is 5.82. The van der Waals surface area contributed by atoms with Gasteiger partial charge in [0.25, 0.3) is 0 Å². The molecule has 2 fully saturated rings. The van der Waals surface area contributed by atoms with Gasteiger partial charge in [-0.15, -0.1) is 0 Å². The molecule has 1 heterocycles. The maximum atomic E-state index is 7.36. The van der Waals surface area contributed by atoms with Gasteiger partial charge in [0.15, 0.2) is 0 Å². The van der Waals surface area contributed by atoms with Crippen molar-refractivity contribution in [3.05, 3.63) is 0 Å². The summed E-state index contributed by atoms with van der Waals surface area (Å²) in [7, 11) is 0. The second-order valence-corrected chi connectivity index (χ2v) is 3.39. The molecule has 0 aromatic rings. The van der Waals surface area contributed by atoms with Crippen molar-refractivity contribution in [3.8, 4) is 0 Å². The van der Waals surface area contributed by atoms with Crippen LogP contribution in [0.3, 0.4) is 0 Å². The fraction of sp³-hybridized carbons (Fsp3) is 1.00. The summed E-state index contributed by atoms with van der Waals surface area (Å²) >= 11 is 0. The Morgan fingerprint density at radius 3 is 2.33 bits per heavy atom. The molecule has 1 N–H and O–H groups in total. The number of hydrogen-bond acceptors (Lipinski definition) is 1. The smallest absolute Gasteiger partial charge is 0.0429 e. The summed E-state index contributed by atoms with van der Waals surface area (Å²) < 4.78 is 7.36. The van der Waals surface area contributed by atoms with Gasteiger partial charge in [-0.25, -0.2) is 0 Å². The molecule has 0 amide bonds. The van der Waals surface area contributed by atoms with E-state index in [0.717, 1.165) is 6.42 Å². The first-order valence-electron chi connectivity index (χ1n) is 4.58. The van der Waals surface area contributed by atoms with Gasteiger partial charge in [-0.2, -0.15) is 0 Å². The molecule has 1 aliphatic carbocycles. The summed E-state index contributed by atoms with van der Waals surface area (Å²) in [4.78, 5) is 0. The van der Waals surface area contributed by atoms with Gasteiger partial charge in [-0.05, 0) is 25.8 Å². The first-order valence-corrected chi connectivity index (χ1v) is 4.01. The summed E-state index contributed by atoms with van der Waals surface area (Å²) in [5.74, 6) is 0. The second-order valence-electron chi connectivity index (χ2n) is 3.39. The molecule has 1 saturated heterocycles. The molecule has 1 saturated carbocycles. The molecule has 0 radical (unpaired) electrons. The third kappa shape index (κ3) is 0.877. The van der Waals surface area contributed by atoms with E-state index in [1.165, 1.54) is 32.1 Å². The zero-order chi connectivity index (χ0) is 7.03. The van der Waals surface area contributed by atoms with Crippen LogP contribution in [0.25, 0.3) is 0 Å². The van der Waals surface area contributed by atoms with Crippen molar-refractivity contribution >= 4 is 0 Å². The van der Waals surface area contributed by atoms with E-state index in [0.29, 0.717) is 5.54 Å². The van der Waals surface area contributed by atoms with Crippen molar-refractivity contribution in [2.45, 2.75) is 44.1 Å². The van der Waals surface area contributed by atoms with Gasteiger partial charge in [0, 0.05) is 6.91 Å². The normalized spacial score (nSPS) is 41.8. The van der Waals surface area contributed by atoms with E-state index >= 15 is 0 Å². The van der Waals surface area contributed by atoms with E-state index in [1.807, 2.05) is 0 Å². The van der Waals surface area contributed by atoms with Crippen LogP contribution >= 0.6 is 0 Å². The highest BCUT2D eigenvalue weighted by molar-refractivity contribution is 4.97.